The Morgan fingerprint density at radius 3 is 2.29 bits per heavy atom. The molecule has 0 saturated heterocycles. The standard InChI is InChI=1S/C20H21NO2.CH4O3S/c1-20(11-22,12-23)21-10-16-6-5-15-9-14-4-2-3-13-7-8-17(16)19(15)18(13)14;1-5(2,3)4/h2-8,21-23H,9-12H2,1H3;1H3,(H,2,3,4). The molecule has 1 aliphatic rings. The summed E-state index contributed by atoms with van der Waals surface area (Å²) >= 11 is 0. The minimum Gasteiger partial charge on any atom is -0.394 e. The normalized spacial score (nSPS) is 13.2. The van der Waals surface area contributed by atoms with Crippen molar-refractivity contribution in [3.63, 3.8) is 0 Å². The summed E-state index contributed by atoms with van der Waals surface area (Å²) in [6, 6.07) is 15.3. The molecule has 0 aromatic heterocycles. The summed E-state index contributed by atoms with van der Waals surface area (Å²) < 4.78 is 25.9. The lowest BCUT2D eigenvalue weighted by atomic mass is 9.97. The predicted octanol–water partition coefficient (Wildman–Crippen LogP) is 2.23. The van der Waals surface area contributed by atoms with E-state index in [0.717, 1.165) is 6.42 Å². The third-order valence-corrected chi connectivity index (χ3v) is 5.07. The van der Waals surface area contributed by atoms with Gasteiger partial charge in [-0.15, -0.1) is 0 Å². The minimum absolute atomic E-state index is 0.0907. The molecule has 4 rings (SSSR count). The molecular formula is C21H25NO5S. The summed E-state index contributed by atoms with van der Waals surface area (Å²) in [5.41, 5.74) is 3.34. The Balaban J connectivity index is 0.000000403. The Kier molecular flexibility index (Phi) is 5.74. The van der Waals surface area contributed by atoms with Gasteiger partial charge in [0, 0.05) is 6.54 Å². The summed E-state index contributed by atoms with van der Waals surface area (Å²) in [4.78, 5) is 0. The van der Waals surface area contributed by atoms with E-state index in [4.69, 9.17) is 4.55 Å². The van der Waals surface area contributed by atoms with Gasteiger partial charge in [-0.2, -0.15) is 8.42 Å². The Morgan fingerprint density at radius 1 is 1.00 bits per heavy atom. The molecule has 0 fully saturated rings. The van der Waals surface area contributed by atoms with Crippen molar-refractivity contribution in [1.82, 2.24) is 5.32 Å². The van der Waals surface area contributed by atoms with Gasteiger partial charge in [0.15, 0.2) is 0 Å². The lowest BCUT2D eigenvalue weighted by Gasteiger charge is -2.26. The first-order chi connectivity index (χ1) is 13.1. The van der Waals surface area contributed by atoms with Gasteiger partial charge < -0.3 is 15.5 Å². The lowest BCUT2D eigenvalue weighted by molar-refractivity contribution is 0.103. The fourth-order valence-electron chi connectivity index (χ4n) is 3.55. The largest absolute Gasteiger partial charge is 0.394 e. The highest BCUT2D eigenvalue weighted by Crippen LogP contribution is 2.39. The Bertz CT molecular complexity index is 1110. The molecule has 0 aliphatic heterocycles. The van der Waals surface area contributed by atoms with Gasteiger partial charge in [0.25, 0.3) is 10.1 Å². The van der Waals surface area contributed by atoms with Crippen molar-refractivity contribution in [3.05, 3.63) is 59.2 Å². The first kappa shape index (κ1) is 20.7. The molecule has 1 aliphatic carbocycles. The number of hydrogen-bond acceptors (Lipinski definition) is 5. The van der Waals surface area contributed by atoms with Crippen molar-refractivity contribution in [1.29, 1.82) is 0 Å². The van der Waals surface area contributed by atoms with E-state index in [1.54, 1.807) is 0 Å². The van der Waals surface area contributed by atoms with E-state index in [2.05, 4.69) is 47.8 Å². The number of aliphatic hydroxyl groups is 2. The van der Waals surface area contributed by atoms with Crippen LogP contribution in [0.3, 0.4) is 0 Å². The Morgan fingerprint density at radius 2 is 1.64 bits per heavy atom. The lowest BCUT2D eigenvalue weighted by Crippen LogP contribution is -2.48. The van der Waals surface area contributed by atoms with Crippen LogP contribution < -0.4 is 5.32 Å². The van der Waals surface area contributed by atoms with Crippen molar-refractivity contribution in [2.75, 3.05) is 19.5 Å². The average molecular weight is 404 g/mol. The number of nitrogens with one attached hydrogen (secondary N) is 1. The van der Waals surface area contributed by atoms with Crippen molar-refractivity contribution >= 4 is 31.7 Å². The predicted molar refractivity (Wildman–Crippen MR) is 111 cm³/mol. The van der Waals surface area contributed by atoms with Gasteiger partial charge in [0.05, 0.1) is 25.0 Å². The van der Waals surface area contributed by atoms with E-state index in [-0.39, 0.29) is 13.2 Å². The van der Waals surface area contributed by atoms with Crippen LogP contribution in [0.2, 0.25) is 0 Å². The van der Waals surface area contributed by atoms with Gasteiger partial charge in [-0.1, -0.05) is 42.5 Å². The third kappa shape index (κ3) is 4.34. The third-order valence-electron chi connectivity index (χ3n) is 5.07. The van der Waals surface area contributed by atoms with Crippen molar-refractivity contribution in [2.24, 2.45) is 0 Å². The number of rotatable bonds is 5. The molecule has 0 spiro atoms. The summed E-state index contributed by atoms with van der Waals surface area (Å²) in [6.07, 6.45) is 1.72. The van der Waals surface area contributed by atoms with Gasteiger partial charge in [-0.05, 0) is 51.6 Å². The number of aliphatic hydroxyl groups excluding tert-OH is 2. The molecule has 0 heterocycles. The van der Waals surface area contributed by atoms with E-state index >= 15 is 0 Å². The van der Waals surface area contributed by atoms with Crippen LogP contribution in [0.25, 0.3) is 21.5 Å². The van der Waals surface area contributed by atoms with Crippen LogP contribution in [0.1, 0.15) is 23.6 Å². The van der Waals surface area contributed by atoms with Crippen LogP contribution >= 0.6 is 0 Å². The van der Waals surface area contributed by atoms with Gasteiger partial charge in [-0.3, -0.25) is 4.55 Å². The highest BCUT2D eigenvalue weighted by molar-refractivity contribution is 7.85. The van der Waals surface area contributed by atoms with E-state index in [9.17, 15) is 18.6 Å². The first-order valence-electron chi connectivity index (χ1n) is 8.99. The molecule has 0 bridgehead atoms. The first-order valence-corrected chi connectivity index (χ1v) is 10.8. The molecular weight excluding hydrogens is 378 g/mol. The zero-order valence-electron chi connectivity index (χ0n) is 15.9. The Hall–Kier alpha value is -2.03. The summed E-state index contributed by atoms with van der Waals surface area (Å²) in [7, 11) is -3.67. The van der Waals surface area contributed by atoms with Crippen LogP contribution in [-0.4, -0.2) is 48.2 Å². The van der Waals surface area contributed by atoms with Crippen molar-refractivity contribution in [2.45, 2.75) is 25.4 Å². The van der Waals surface area contributed by atoms with E-state index < -0.39 is 15.7 Å². The number of benzene rings is 3. The van der Waals surface area contributed by atoms with Gasteiger partial charge in [0.1, 0.15) is 0 Å². The fourth-order valence-corrected chi connectivity index (χ4v) is 3.55. The van der Waals surface area contributed by atoms with Crippen LogP contribution in [0, 0.1) is 0 Å². The maximum Gasteiger partial charge on any atom is 0.261 e. The molecule has 150 valence electrons. The van der Waals surface area contributed by atoms with Gasteiger partial charge in [0.2, 0.25) is 0 Å². The van der Waals surface area contributed by atoms with Crippen LogP contribution in [-0.2, 0) is 23.1 Å². The zero-order chi connectivity index (χ0) is 20.5. The minimum atomic E-state index is -3.67. The summed E-state index contributed by atoms with van der Waals surface area (Å²) in [5.74, 6) is 0. The van der Waals surface area contributed by atoms with Crippen LogP contribution in [0.15, 0.2) is 42.5 Å². The average Bonchev–Trinajstić information content (AvgIpc) is 3.03. The Labute approximate surface area is 164 Å². The van der Waals surface area contributed by atoms with Crippen LogP contribution in [0.4, 0.5) is 0 Å². The second kappa shape index (κ2) is 7.77. The molecule has 6 nitrogen and oxygen atoms in total. The number of hydrogen-bond donors (Lipinski definition) is 4. The molecule has 7 heteroatoms. The quantitative estimate of drug-likeness (QED) is 0.301. The van der Waals surface area contributed by atoms with E-state index in [0.29, 0.717) is 12.8 Å². The molecule has 4 N–H and O–H groups in total. The maximum absolute atomic E-state index is 9.45. The molecule has 0 amide bonds. The van der Waals surface area contributed by atoms with Gasteiger partial charge >= 0.3 is 0 Å². The van der Waals surface area contributed by atoms with E-state index in [1.807, 2.05) is 6.92 Å². The molecule has 3 aromatic rings. The fraction of sp³-hybridized carbons (Fsp3) is 0.333. The molecule has 3 aromatic carbocycles. The van der Waals surface area contributed by atoms with Crippen molar-refractivity contribution in [3.8, 4) is 0 Å². The molecule has 0 atom stereocenters. The monoisotopic (exact) mass is 403 g/mol. The molecule has 0 saturated carbocycles. The summed E-state index contributed by atoms with van der Waals surface area (Å²) in [6.45, 7) is 2.27. The van der Waals surface area contributed by atoms with E-state index in [1.165, 1.54) is 38.2 Å². The summed E-state index contributed by atoms with van der Waals surface area (Å²) in [5, 5.41) is 27.5. The highest BCUT2D eigenvalue weighted by atomic mass is 32.2. The second-order valence-electron chi connectivity index (χ2n) is 7.53. The topological polar surface area (TPSA) is 107 Å². The maximum atomic E-state index is 9.45. The molecule has 28 heavy (non-hydrogen) atoms. The van der Waals surface area contributed by atoms with Gasteiger partial charge in [-0.25, -0.2) is 0 Å². The molecule has 0 unspecified atom stereocenters. The smallest absolute Gasteiger partial charge is 0.261 e. The zero-order valence-corrected chi connectivity index (χ0v) is 16.8. The highest BCUT2D eigenvalue weighted by Gasteiger charge is 2.23. The van der Waals surface area contributed by atoms with Crippen LogP contribution in [0.5, 0.6) is 0 Å². The second-order valence-corrected chi connectivity index (χ2v) is 8.99. The SMILES string of the molecule is CC(CO)(CO)NCc1ccc2c3c1ccc1cccc(c13)C2.CS(=O)(=O)O. The van der Waals surface area contributed by atoms with Crippen molar-refractivity contribution < 1.29 is 23.2 Å². The molecule has 0 radical (unpaired) electrons.